The second-order valence-corrected chi connectivity index (χ2v) is 7.44. The summed E-state index contributed by atoms with van der Waals surface area (Å²) in [6.07, 6.45) is 0. The van der Waals surface area contributed by atoms with Crippen molar-refractivity contribution in [3.63, 3.8) is 0 Å². The van der Waals surface area contributed by atoms with Crippen LogP contribution in [0.3, 0.4) is 0 Å². The SMILES string of the molecule is Cc1cc(C)cc(-n2nc3c(c2NC(=O)c2ccccc2F)CSC3)c1. The van der Waals surface area contributed by atoms with Crippen molar-refractivity contribution in [3.8, 4) is 5.69 Å². The van der Waals surface area contributed by atoms with E-state index in [4.69, 9.17) is 5.10 Å². The quantitative estimate of drug-likeness (QED) is 0.734. The van der Waals surface area contributed by atoms with Crippen LogP contribution in [0.1, 0.15) is 32.7 Å². The molecule has 1 aliphatic rings. The number of carbonyl (C=O) groups excluding carboxylic acids is 1. The van der Waals surface area contributed by atoms with Crippen molar-refractivity contribution in [2.24, 2.45) is 0 Å². The molecule has 1 aliphatic heterocycles. The number of carbonyl (C=O) groups is 1. The van der Waals surface area contributed by atoms with Gasteiger partial charge in [0.2, 0.25) is 0 Å². The van der Waals surface area contributed by atoms with E-state index in [1.54, 1.807) is 28.6 Å². The fraction of sp³-hybridized carbons (Fsp3) is 0.200. The number of halogens is 1. The van der Waals surface area contributed by atoms with Crippen molar-refractivity contribution in [1.82, 2.24) is 9.78 Å². The number of nitrogens with zero attached hydrogens (tertiary/aromatic N) is 2. The Kier molecular flexibility index (Phi) is 4.28. The van der Waals surface area contributed by atoms with Crippen LogP contribution in [-0.2, 0) is 11.5 Å². The van der Waals surface area contributed by atoms with Gasteiger partial charge in [-0.05, 0) is 49.2 Å². The molecule has 0 aliphatic carbocycles. The summed E-state index contributed by atoms with van der Waals surface area (Å²) in [6, 6.07) is 12.1. The van der Waals surface area contributed by atoms with Gasteiger partial charge in [-0.2, -0.15) is 16.9 Å². The number of anilines is 1. The molecule has 26 heavy (non-hydrogen) atoms. The largest absolute Gasteiger partial charge is 0.306 e. The van der Waals surface area contributed by atoms with Crippen LogP contribution >= 0.6 is 11.8 Å². The van der Waals surface area contributed by atoms with E-state index in [0.717, 1.165) is 39.6 Å². The summed E-state index contributed by atoms with van der Waals surface area (Å²) in [6.45, 7) is 4.06. The summed E-state index contributed by atoms with van der Waals surface area (Å²) in [5, 5.41) is 7.59. The third-order valence-electron chi connectivity index (χ3n) is 4.35. The summed E-state index contributed by atoms with van der Waals surface area (Å²) >= 11 is 1.76. The lowest BCUT2D eigenvalue weighted by atomic mass is 10.1. The first kappa shape index (κ1) is 16.8. The number of hydrogen-bond acceptors (Lipinski definition) is 3. The monoisotopic (exact) mass is 367 g/mol. The van der Waals surface area contributed by atoms with E-state index in [-0.39, 0.29) is 5.56 Å². The van der Waals surface area contributed by atoms with Crippen LogP contribution in [-0.4, -0.2) is 15.7 Å². The van der Waals surface area contributed by atoms with E-state index in [2.05, 4.69) is 11.4 Å². The van der Waals surface area contributed by atoms with E-state index in [9.17, 15) is 9.18 Å². The number of nitrogens with one attached hydrogen (secondary N) is 1. The van der Waals surface area contributed by atoms with Crippen molar-refractivity contribution >= 4 is 23.5 Å². The molecule has 0 saturated carbocycles. The molecule has 132 valence electrons. The summed E-state index contributed by atoms with van der Waals surface area (Å²) in [5.41, 5.74) is 5.15. The van der Waals surface area contributed by atoms with Gasteiger partial charge in [-0.25, -0.2) is 9.07 Å². The highest BCUT2D eigenvalue weighted by atomic mass is 32.2. The molecule has 0 fully saturated rings. The minimum absolute atomic E-state index is 0.0278. The van der Waals surface area contributed by atoms with Crippen molar-refractivity contribution in [3.05, 3.63) is 76.2 Å². The Bertz CT molecular complexity index is 992. The maximum atomic E-state index is 14.0. The zero-order chi connectivity index (χ0) is 18.3. The molecule has 1 aromatic heterocycles. The fourth-order valence-electron chi connectivity index (χ4n) is 3.22. The van der Waals surface area contributed by atoms with Gasteiger partial charge in [0.15, 0.2) is 0 Å². The summed E-state index contributed by atoms with van der Waals surface area (Å²) in [5.74, 6) is 1.23. The Morgan fingerprint density at radius 3 is 2.62 bits per heavy atom. The molecule has 0 radical (unpaired) electrons. The van der Waals surface area contributed by atoms with Crippen LogP contribution in [0.5, 0.6) is 0 Å². The van der Waals surface area contributed by atoms with Gasteiger partial charge in [0.05, 0.1) is 16.9 Å². The van der Waals surface area contributed by atoms with E-state index in [1.165, 1.54) is 12.1 Å². The molecule has 4 nitrogen and oxygen atoms in total. The second kappa shape index (κ2) is 6.61. The second-order valence-electron chi connectivity index (χ2n) is 6.46. The molecular formula is C20H18FN3OS. The third kappa shape index (κ3) is 3.01. The number of hydrogen-bond donors (Lipinski definition) is 1. The number of fused-ring (bicyclic) bond motifs is 1. The first-order valence-electron chi connectivity index (χ1n) is 8.36. The van der Waals surface area contributed by atoms with Crippen LogP contribution in [0.4, 0.5) is 10.2 Å². The molecule has 2 heterocycles. The van der Waals surface area contributed by atoms with Gasteiger partial charge >= 0.3 is 0 Å². The number of benzene rings is 2. The highest BCUT2D eigenvalue weighted by Crippen LogP contribution is 2.36. The van der Waals surface area contributed by atoms with Gasteiger partial charge in [-0.1, -0.05) is 18.2 Å². The smallest absolute Gasteiger partial charge is 0.259 e. The summed E-state index contributed by atoms with van der Waals surface area (Å²) in [7, 11) is 0. The van der Waals surface area contributed by atoms with E-state index in [1.807, 2.05) is 26.0 Å². The van der Waals surface area contributed by atoms with Crippen LogP contribution in [0.15, 0.2) is 42.5 Å². The lowest BCUT2D eigenvalue weighted by Crippen LogP contribution is -2.17. The molecule has 3 aromatic rings. The van der Waals surface area contributed by atoms with Crippen LogP contribution in [0, 0.1) is 19.7 Å². The Hall–Kier alpha value is -2.60. The topological polar surface area (TPSA) is 46.9 Å². The summed E-state index contributed by atoms with van der Waals surface area (Å²) in [4.78, 5) is 12.7. The predicted octanol–water partition coefficient (Wildman–Crippen LogP) is 4.63. The zero-order valence-corrected chi connectivity index (χ0v) is 15.4. The molecule has 1 amide bonds. The zero-order valence-electron chi connectivity index (χ0n) is 14.5. The third-order valence-corrected chi connectivity index (χ3v) is 5.32. The van der Waals surface area contributed by atoms with Crippen LogP contribution in [0.2, 0.25) is 0 Å². The van der Waals surface area contributed by atoms with Gasteiger partial charge in [0.1, 0.15) is 11.6 Å². The van der Waals surface area contributed by atoms with Gasteiger partial charge in [0, 0.05) is 17.1 Å². The Morgan fingerprint density at radius 1 is 1.15 bits per heavy atom. The number of aromatic nitrogens is 2. The van der Waals surface area contributed by atoms with E-state index in [0.29, 0.717) is 5.82 Å². The molecule has 6 heteroatoms. The van der Waals surface area contributed by atoms with Crippen molar-refractivity contribution < 1.29 is 9.18 Å². The average Bonchev–Trinajstić information content (AvgIpc) is 3.17. The molecule has 0 bridgehead atoms. The predicted molar refractivity (Wildman–Crippen MR) is 102 cm³/mol. The lowest BCUT2D eigenvalue weighted by Gasteiger charge is -2.12. The maximum absolute atomic E-state index is 14.0. The van der Waals surface area contributed by atoms with Crippen molar-refractivity contribution in [2.45, 2.75) is 25.4 Å². The van der Waals surface area contributed by atoms with Crippen molar-refractivity contribution in [2.75, 3.05) is 5.32 Å². The molecule has 1 N–H and O–H groups in total. The van der Waals surface area contributed by atoms with Crippen LogP contribution in [0.25, 0.3) is 5.69 Å². The van der Waals surface area contributed by atoms with Crippen molar-refractivity contribution in [1.29, 1.82) is 0 Å². The number of amides is 1. The normalized spacial score (nSPS) is 12.9. The highest BCUT2D eigenvalue weighted by Gasteiger charge is 2.25. The highest BCUT2D eigenvalue weighted by molar-refractivity contribution is 7.98. The van der Waals surface area contributed by atoms with Gasteiger partial charge in [0.25, 0.3) is 5.91 Å². The molecule has 0 atom stereocenters. The van der Waals surface area contributed by atoms with Gasteiger partial charge in [-0.3, -0.25) is 4.79 Å². The minimum atomic E-state index is -0.534. The molecule has 0 unspecified atom stereocenters. The average molecular weight is 367 g/mol. The molecule has 0 saturated heterocycles. The Labute approximate surface area is 155 Å². The maximum Gasteiger partial charge on any atom is 0.259 e. The first-order valence-corrected chi connectivity index (χ1v) is 9.51. The Morgan fingerprint density at radius 2 is 1.88 bits per heavy atom. The molecular weight excluding hydrogens is 349 g/mol. The number of thioether (sulfide) groups is 1. The molecule has 4 rings (SSSR count). The molecule has 2 aromatic carbocycles. The van der Waals surface area contributed by atoms with Crippen LogP contribution < -0.4 is 5.32 Å². The fourth-order valence-corrected chi connectivity index (χ4v) is 4.26. The van der Waals surface area contributed by atoms with Gasteiger partial charge < -0.3 is 5.32 Å². The van der Waals surface area contributed by atoms with E-state index < -0.39 is 11.7 Å². The van der Waals surface area contributed by atoms with Gasteiger partial charge in [-0.15, -0.1) is 0 Å². The van der Waals surface area contributed by atoms with E-state index >= 15 is 0 Å². The Balaban J connectivity index is 1.78. The standard InChI is InChI=1S/C20H18FN3OS/c1-12-7-13(2)9-14(8-12)24-19(16-10-26-11-18(16)23-24)22-20(25)15-5-3-4-6-17(15)21/h3-9H,10-11H2,1-2H3,(H,22,25). The molecule has 0 spiro atoms. The lowest BCUT2D eigenvalue weighted by molar-refractivity contribution is 0.102. The first-order chi connectivity index (χ1) is 12.5. The number of rotatable bonds is 3. The summed E-state index contributed by atoms with van der Waals surface area (Å²) < 4.78 is 15.8. The number of aryl methyl sites for hydroxylation is 2. The minimum Gasteiger partial charge on any atom is -0.306 e.